The van der Waals surface area contributed by atoms with E-state index in [1.165, 1.54) is 0 Å². The van der Waals surface area contributed by atoms with E-state index in [1.54, 1.807) is 0 Å². The molecule has 18 heavy (non-hydrogen) atoms. The van der Waals surface area contributed by atoms with Gasteiger partial charge in [0.05, 0.1) is 24.4 Å². The summed E-state index contributed by atoms with van der Waals surface area (Å²) in [6.07, 6.45) is 1.15. The Morgan fingerprint density at radius 3 is 3.17 bits per heavy atom. The van der Waals surface area contributed by atoms with E-state index in [4.69, 9.17) is 9.84 Å². The Balaban J connectivity index is 1.94. The number of rotatable bonds is 2. The summed E-state index contributed by atoms with van der Waals surface area (Å²) in [5.41, 5.74) is 2.08. The number of carboxylic acids is 1. The first-order chi connectivity index (χ1) is 8.75. The molecular weight excluding hydrogens is 232 g/mol. The van der Waals surface area contributed by atoms with Gasteiger partial charge in [-0.2, -0.15) is 0 Å². The van der Waals surface area contributed by atoms with Crippen LogP contribution in [0, 0.1) is 0 Å². The summed E-state index contributed by atoms with van der Waals surface area (Å²) >= 11 is 0. The van der Waals surface area contributed by atoms with Crippen LogP contribution in [-0.4, -0.2) is 41.9 Å². The maximum absolute atomic E-state index is 11.0. The van der Waals surface area contributed by atoms with E-state index in [0.717, 1.165) is 16.6 Å². The number of para-hydroxylation sites is 1. The minimum absolute atomic E-state index is 0.382. The first kappa shape index (κ1) is 11.1. The fourth-order valence-electron chi connectivity index (χ4n) is 2.35. The van der Waals surface area contributed by atoms with Crippen molar-refractivity contribution in [1.82, 2.24) is 4.98 Å². The smallest absolute Gasteiger partial charge is 0.334 e. The maximum Gasteiger partial charge on any atom is 0.334 e. The van der Waals surface area contributed by atoms with Crippen molar-refractivity contribution >= 4 is 22.6 Å². The molecule has 0 saturated carbocycles. The fourth-order valence-corrected chi connectivity index (χ4v) is 2.35. The predicted octanol–water partition coefficient (Wildman–Crippen LogP) is 1.46. The molecule has 0 aliphatic carbocycles. The molecule has 1 atom stereocenters. The van der Waals surface area contributed by atoms with Gasteiger partial charge >= 0.3 is 5.97 Å². The van der Waals surface area contributed by atoms with Gasteiger partial charge in [-0.1, -0.05) is 12.1 Å². The average Bonchev–Trinajstić information content (AvgIpc) is 2.87. The molecule has 1 aromatic heterocycles. The van der Waals surface area contributed by atoms with Crippen LogP contribution < -0.4 is 4.90 Å². The SMILES string of the molecule is O=C(O)C1CN(c2cccc3cc[nH]c23)CCO1. The van der Waals surface area contributed by atoms with E-state index >= 15 is 0 Å². The minimum atomic E-state index is -0.904. The Morgan fingerprint density at radius 2 is 2.33 bits per heavy atom. The summed E-state index contributed by atoms with van der Waals surface area (Å²) in [5, 5.41) is 10.1. The molecule has 5 nitrogen and oxygen atoms in total. The normalized spacial score (nSPS) is 20.2. The number of fused-ring (bicyclic) bond motifs is 1. The molecule has 1 aliphatic heterocycles. The molecule has 2 heterocycles. The lowest BCUT2D eigenvalue weighted by Gasteiger charge is -2.32. The number of anilines is 1. The van der Waals surface area contributed by atoms with Crippen molar-refractivity contribution in [1.29, 1.82) is 0 Å². The number of carboxylic acid groups (broad SMARTS) is 1. The van der Waals surface area contributed by atoms with Gasteiger partial charge in [0, 0.05) is 18.1 Å². The second-order valence-corrected chi connectivity index (χ2v) is 4.36. The highest BCUT2D eigenvalue weighted by Gasteiger charge is 2.27. The van der Waals surface area contributed by atoms with E-state index in [2.05, 4.69) is 9.88 Å². The van der Waals surface area contributed by atoms with E-state index in [1.807, 2.05) is 30.5 Å². The highest BCUT2D eigenvalue weighted by atomic mass is 16.5. The van der Waals surface area contributed by atoms with Crippen molar-refractivity contribution in [2.24, 2.45) is 0 Å². The molecular formula is C13H14N2O3. The molecule has 1 saturated heterocycles. The number of aromatic nitrogens is 1. The molecule has 5 heteroatoms. The highest BCUT2D eigenvalue weighted by molar-refractivity contribution is 5.91. The van der Waals surface area contributed by atoms with Crippen LogP contribution in [-0.2, 0) is 9.53 Å². The highest BCUT2D eigenvalue weighted by Crippen LogP contribution is 2.26. The van der Waals surface area contributed by atoms with Crippen molar-refractivity contribution in [3.8, 4) is 0 Å². The molecule has 94 valence electrons. The molecule has 1 unspecified atom stereocenters. The second-order valence-electron chi connectivity index (χ2n) is 4.36. The Bertz CT molecular complexity index is 578. The van der Waals surface area contributed by atoms with Crippen LogP contribution in [0.15, 0.2) is 30.5 Å². The first-order valence-electron chi connectivity index (χ1n) is 5.91. The lowest BCUT2D eigenvalue weighted by atomic mass is 10.2. The Labute approximate surface area is 104 Å². The average molecular weight is 246 g/mol. The summed E-state index contributed by atoms with van der Waals surface area (Å²) in [6, 6.07) is 8.03. The minimum Gasteiger partial charge on any atom is -0.479 e. The van der Waals surface area contributed by atoms with E-state index in [-0.39, 0.29) is 0 Å². The third kappa shape index (κ3) is 1.82. The third-order valence-corrected chi connectivity index (χ3v) is 3.25. The Hall–Kier alpha value is -2.01. The fraction of sp³-hybridized carbons (Fsp3) is 0.308. The Kier molecular flexibility index (Phi) is 2.68. The first-order valence-corrected chi connectivity index (χ1v) is 5.91. The zero-order chi connectivity index (χ0) is 12.5. The van der Waals surface area contributed by atoms with Gasteiger partial charge in [0.15, 0.2) is 6.10 Å². The number of aromatic amines is 1. The second kappa shape index (κ2) is 4.34. The molecule has 0 amide bonds. The van der Waals surface area contributed by atoms with Crippen LogP contribution in [0.4, 0.5) is 5.69 Å². The lowest BCUT2D eigenvalue weighted by molar-refractivity contribution is -0.150. The molecule has 1 aromatic carbocycles. The number of hydrogen-bond donors (Lipinski definition) is 2. The van der Waals surface area contributed by atoms with Gasteiger partial charge in [-0.25, -0.2) is 4.79 Å². The number of morpholine rings is 1. The summed E-state index contributed by atoms with van der Waals surface area (Å²) in [5.74, 6) is -0.904. The van der Waals surface area contributed by atoms with E-state index in [9.17, 15) is 4.79 Å². The van der Waals surface area contributed by atoms with E-state index in [0.29, 0.717) is 19.7 Å². The molecule has 1 fully saturated rings. The lowest BCUT2D eigenvalue weighted by Crippen LogP contribution is -2.46. The summed E-state index contributed by atoms with van der Waals surface area (Å²) in [6.45, 7) is 1.53. The number of nitrogens with one attached hydrogen (secondary N) is 1. The summed E-state index contributed by atoms with van der Waals surface area (Å²) in [7, 11) is 0. The number of H-pyrrole nitrogens is 1. The predicted molar refractivity (Wildman–Crippen MR) is 67.9 cm³/mol. The zero-order valence-electron chi connectivity index (χ0n) is 9.80. The van der Waals surface area contributed by atoms with E-state index < -0.39 is 12.1 Å². The molecule has 0 bridgehead atoms. The van der Waals surface area contributed by atoms with Crippen molar-refractivity contribution < 1.29 is 14.6 Å². The van der Waals surface area contributed by atoms with Gasteiger partial charge in [-0.05, 0) is 12.1 Å². The third-order valence-electron chi connectivity index (χ3n) is 3.25. The quantitative estimate of drug-likeness (QED) is 0.842. The van der Waals surface area contributed by atoms with Gasteiger partial charge in [-0.3, -0.25) is 0 Å². The number of benzene rings is 1. The number of aliphatic carboxylic acids is 1. The zero-order valence-corrected chi connectivity index (χ0v) is 9.80. The standard InChI is InChI=1S/C13H14N2O3/c16-13(17)11-8-15(6-7-18-11)10-3-1-2-9-4-5-14-12(9)10/h1-5,11,14H,6-8H2,(H,16,17). The molecule has 0 radical (unpaired) electrons. The number of ether oxygens (including phenoxy) is 1. The maximum atomic E-state index is 11.0. The van der Waals surface area contributed by atoms with Crippen LogP contribution in [0.2, 0.25) is 0 Å². The van der Waals surface area contributed by atoms with Gasteiger partial charge in [0.1, 0.15) is 0 Å². The van der Waals surface area contributed by atoms with Crippen LogP contribution in [0.5, 0.6) is 0 Å². The molecule has 3 rings (SSSR count). The Morgan fingerprint density at radius 1 is 1.44 bits per heavy atom. The van der Waals surface area contributed by atoms with Crippen molar-refractivity contribution in [3.63, 3.8) is 0 Å². The number of hydrogen-bond acceptors (Lipinski definition) is 3. The van der Waals surface area contributed by atoms with Crippen LogP contribution in [0.25, 0.3) is 10.9 Å². The van der Waals surface area contributed by atoms with Crippen LogP contribution in [0.3, 0.4) is 0 Å². The van der Waals surface area contributed by atoms with Crippen molar-refractivity contribution in [3.05, 3.63) is 30.5 Å². The summed E-state index contributed by atoms with van der Waals surface area (Å²) in [4.78, 5) is 16.2. The molecule has 1 aliphatic rings. The summed E-state index contributed by atoms with van der Waals surface area (Å²) < 4.78 is 5.23. The molecule has 2 N–H and O–H groups in total. The van der Waals surface area contributed by atoms with Gasteiger partial charge in [0.25, 0.3) is 0 Å². The molecule has 0 spiro atoms. The molecule has 2 aromatic rings. The van der Waals surface area contributed by atoms with Gasteiger partial charge < -0.3 is 19.7 Å². The topological polar surface area (TPSA) is 65.6 Å². The van der Waals surface area contributed by atoms with Gasteiger partial charge in [-0.15, -0.1) is 0 Å². The van der Waals surface area contributed by atoms with Crippen LogP contribution >= 0.6 is 0 Å². The largest absolute Gasteiger partial charge is 0.479 e. The van der Waals surface area contributed by atoms with Gasteiger partial charge in [0.2, 0.25) is 0 Å². The monoisotopic (exact) mass is 246 g/mol. The van der Waals surface area contributed by atoms with Crippen LogP contribution in [0.1, 0.15) is 0 Å². The van der Waals surface area contributed by atoms with Crippen molar-refractivity contribution in [2.45, 2.75) is 6.10 Å². The number of carbonyl (C=O) groups is 1. The number of nitrogens with zero attached hydrogens (tertiary/aromatic N) is 1. The van der Waals surface area contributed by atoms with Crippen molar-refractivity contribution in [2.75, 3.05) is 24.6 Å².